The Kier molecular flexibility index (Phi) is 5.68. The van der Waals surface area contributed by atoms with Crippen molar-refractivity contribution in [2.45, 2.75) is 39.3 Å². The molecule has 166 valence electrons. The van der Waals surface area contributed by atoms with Crippen molar-refractivity contribution in [3.8, 4) is 5.82 Å². The van der Waals surface area contributed by atoms with Gasteiger partial charge >= 0.3 is 0 Å². The highest BCUT2D eigenvalue weighted by atomic mass is 32.1. The normalized spacial score (nSPS) is 17.9. The largest absolute Gasteiger partial charge is 0.351 e. The monoisotopic (exact) mass is 453 g/mol. The molecule has 3 aromatic heterocycles. The Morgan fingerprint density at radius 1 is 0.939 bits per heavy atom. The summed E-state index contributed by atoms with van der Waals surface area (Å²) in [5, 5.41) is 4.27. The van der Waals surface area contributed by atoms with Gasteiger partial charge in [0.15, 0.2) is 5.11 Å². The zero-order chi connectivity index (χ0) is 22.9. The van der Waals surface area contributed by atoms with E-state index in [4.69, 9.17) is 12.2 Å². The first-order valence-corrected chi connectivity index (χ1v) is 11.7. The van der Waals surface area contributed by atoms with Crippen molar-refractivity contribution >= 4 is 23.0 Å². The molecule has 0 unspecified atom stereocenters. The third kappa shape index (κ3) is 3.80. The van der Waals surface area contributed by atoms with E-state index < -0.39 is 0 Å². The molecule has 4 aromatic rings. The van der Waals surface area contributed by atoms with E-state index in [2.05, 4.69) is 81.9 Å². The molecule has 1 saturated heterocycles. The van der Waals surface area contributed by atoms with Crippen LogP contribution >= 0.6 is 12.2 Å². The number of rotatable bonds is 5. The predicted octanol–water partition coefficient (Wildman–Crippen LogP) is 5.62. The van der Waals surface area contributed by atoms with Gasteiger partial charge in [0.2, 0.25) is 0 Å². The molecule has 0 radical (unpaired) electrons. The molecule has 1 aromatic carbocycles. The molecule has 6 heteroatoms. The SMILES string of the molecule is CCc1ccc(N2C(=S)N[C@H](c3ccccn3)[C@@H]2c2cc(C)n(-c3ccccn3)c2C)cc1. The standard InChI is InChI=1S/C27H27N5S/c1-4-20-11-13-21(14-12-20)32-26(25(30-27(32)33)23-9-5-7-15-28-23)22-17-18(2)31(19(22)3)24-10-6-8-16-29-24/h5-17,25-26H,4H2,1-3H3,(H,30,33)/t25-,26+/m1/s1. The quantitative estimate of drug-likeness (QED) is 0.397. The summed E-state index contributed by atoms with van der Waals surface area (Å²) in [6.45, 7) is 6.46. The molecule has 0 aliphatic carbocycles. The Labute approximate surface area is 200 Å². The van der Waals surface area contributed by atoms with E-state index in [0.29, 0.717) is 5.11 Å². The summed E-state index contributed by atoms with van der Waals surface area (Å²) >= 11 is 5.88. The van der Waals surface area contributed by atoms with Crippen molar-refractivity contribution in [3.05, 3.63) is 107 Å². The molecule has 5 rings (SSSR count). The second kappa shape index (κ2) is 8.79. The van der Waals surface area contributed by atoms with Crippen LogP contribution in [-0.2, 0) is 6.42 Å². The maximum atomic E-state index is 5.88. The van der Waals surface area contributed by atoms with Gasteiger partial charge in [-0.3, -0.25) is 4.98 Å². The predicted molar refractivity (Wildman–Crippen MR) is 137 cm³/mol. The number of aromatic nitrogens is 3. The zero-order valence-electron chi connectivity index (χ0n) is 19.1. The van der Waals surface area contributed by atoms with E-state index in [1.807, 2.05) is 42.7 Å². The van der Waals surface area contributed by atoms with Crippen LogP contribution in [0, 0.1) is 13.8 Å². The zero-order valence-corrected chi connectivity index (χ0v) is 19.9. The number of hydrogen-bond acceptors (Lipinski definition) is 3. The van der Waals surface area contributed by atoms with Crippen LogP contribution in [0.4, 0.5) is 5.69 Å². The molecule has 5 nitrogen and oxygen atoms in total. The maximum absolute atomic E-state index is 5.88. The highest BCUT2D eigenvalue weighted by Crippen LogP contribution is 2.43. The van der Waals surface area contributed by atoms with Crippen LogP contribution < -0.4 is 10.2 Å². The van der Waals surface area contributed by atoms with Crippen LogP contribution in [0.3, 0.4) is 0 Å². The summed E-state index contributed by atoms with van der Waals surface area (Å²) < 4.78 is 2.21. The molecular formula is C27H27N5S. The molecule has 33 heavy (non-hydrogen) atoms. The molecule has 0 spiro atoms. The van der Waals surface area contributed by atoms with Gasteiger partial charge in [0, 0.05) is 29.5 Å². The van der Waals surface area contributed by atoms with Gasteiger partial charge in [-0.1, -0.05) is 31.2 Å². The fourth-order valence-electron chi connectivity index (χ4n) is 4.77. The molecule has 4 heterocycles. The number of pyridine rings is 2. The number of benzene rings is 1. The number of thiocarbonyl (C=S) groups is 1. The molecule has 0 bridgehead atoms. The average Bonchev–Trinajstić information content (AvgIpc) is 3.35. The van der Waals surface area contributed by atoms with Gasteiger partial charge in [-0.25, -0.2) is 4.98 Å². The highest BCUT2D eigenvalue weighted by Gasteiger charge is 2.42. The van der Waals surface area contributed by atoms with Gasteiger partial charge in [0.25, 0.3) is 0 Å². The third-order valence-corrected chi connectivity index (χ3v) is 6.70. The maximum Gasteiger partial charge on any atom is 0.174 e. The van der Waals surface area contributed by atoms with E-state index in [9.17, 15) is 0 Å². The number of nitrogens with zero attached hydrogens (tertiary/aromatic N) is 4. The lowest BCUT2D eigenvalue weighted by Crippen LogP contribution is -2.29. The average molecular weight is 454 g/mol. The van der Waals surface area contributed by atoms with Crippen molar-refractivity contribution < 1.29 is 0 Å². The number of aryl methyl sites for hydroxylation is 2. The Morgan fingerprint density at radius 3 is 2.30 bits per heavy atom. The fraction of sp³-hybridized carbons (Fsp3) is 0.222. The third-order valence-electron chi connectivity index (χ3n) is 6.39. The molecule has 2 atom stereocenters. The van der Waals surface area contributed by atoms with Crippen molar-refractivity contribution in [1.29, 1.82) is 0 Å². The summed E-state index contributed by atoms with van der Waals surface area (Å²) in [5.41, 5.74) is 6.86. The minimum absolute atomic E-state index is 0.0384. The number of hydrogen-bond donors (Lipinski definition) is 1. The Hall–Kier alpha value is -3.51. The van der Waals surface area contributed by atoms with Crippen LogP contribution in [0.1, 0.15) is 47.2 Å². The van der Waals surface area contributed by atoms with Crippen LogP contribution in [0.25, 0.3) is 5.82 Å². The summed E-state index contributed by atoms with van der Waals surface area (Å²) in [6, 6.07) is 22.9. The van der Waals surface area contributed by atoms with E-state index in [1.54, 1.807) is 0 Å². The van der Waals surface area contributed by atoms with Gasteiger partial charge < -0.3 is 14.8 Å². The second-order valence-corrected chi connectivity index (χ2v) is 8.75. The molecule has 0 saturated carbocycles. The minimum Gasteiger partial charge on any atom is -0.351 e. The lowest BCUT2D eigenvalue weighted by atomic mass is 9.96. The van der Waals surface area contributed by atoms with Crippen molar-refractivity contribution in [3.63, 3.8) is 0 Å². The Bertz CT molecular complexity index is 1270. The minimum atomic E-state index is -0.0674. The van der Waals surface area contributed by atoms with Crippen molar-refractivity contribution in [2.75, 3.05) is 4.90 Å². The molecule has 1 fully saturated rings. The van der Waals surface area contributed by atoms with E-state index in [0.717, 1.165) is 35.0 Å². The highest BCUT2D eigenvalue weighted by molar-refractivity contribution is 7.80. The molecule has 1 aliphatic rings. The molecule has 1 N–H and O–H groups in total. The van der Waals surface area contributed by atoms with Gasteiger partial charge in [-0.2, -0.15) is 0 Å². The van der Waals surface area contributed by atoms with Crippen LogP contribution in [0.15, 0.2) is 79.1 Å². The topological polar surface area (TPSA) is 46.0 Å². The molecular weight excluding hydrogens is 426 g/mol. The van der Waals surface area contributed by atoms with Gasteiger partial charge in [-0.05, 0) is 86.1 Å². The Balaban J connectivity index is 1.66. The summed E-state index contributed by atoms with van der Waals surface area (Å²) in [7, 11) is 0. The summed E-state index contributed by atoms with van der Waals surface area (Å²) in [5.74, 6) is 0.917. The van der Waals surface area contributed by atoms with E-state index in [1.165, 1.54) is 11.1 Å². The number of anilines is 1. The van der Waals surface area contributed by atoms with Crippen LogP contribution in [0.2, 0.25) is 0 Å². The first-order valence-electron chi connectivity index (χ1n) is 11.3. The summed E-state index contributed by atoms with van der Waals surface area (Å²) in [4.78, 5) is 11.5. The fourth-order valence-corrected chi connectivity index (χ4v) is 5.11. The Morgan fingerprint density at radius 2 is 1.67 bits per heavy atom. The first-order chi connectivity index (χ1) is 16.1. The summed E-state index contributed by atoms with van der Waals surface area (Å²) in [6.07, 6.45) is 4.68. The lowest BCUT2D eigenvalue weighted by molar-refractivity contribution is 0.565. The first kappa shape index (κ1) is 21.3. The van der Waals surface area contributed by atoms with Gasteiger partial charge in [0.05, 0.1) is 17.8 Å². The second-order valence-electron chi connectivity index (χ2n) is 8.37. The van der Waals surface area contributed by atoms with Crippen molar-refractivity contribution in [1.82, 2.24) is 19.9 Å². The van der Waals surface area contributed by atoms with Gasteiger partial charge in [0.1, 0.15) is 5.82 Å². The number of nitrogens with one attached hydrogen (secondary N) is 1. The van der Waals surface area contributed by atoms with Crippen LogP contribution in [-0.4, -0.2) is 19.6 Å². The molecule has 1 aliphatic heterocycles. The smallest absolute Gasteiger partial charge is 0.174 e. The van der Waals surface area contributed by atoms with Gasteiger partial charge in [-0.15, -0.1) is 0 Å². The van der Waals surface area contributed by atoms with Crippen LogP contribution in [0.5, 0.6) is 0 Å². The van der Waals surface area contributed by atoms with Crippen molar-refractivity contribution in [2.24, 2.45) is 0 Å². The lowest BCUT2D eigenvalue weighted by Gasteiger charge is -2.28. The molecule has 0 amide bonds. The van der Waals surface area contributed by atoms with E-state index >= 15 is 0 Å². The van der Waals surface area contributed by atoms with E-state index in [-0.39, 0.29) is 12.1 Å².